The van der Waals surface area contributed by atoms with Crippen LogP contribution in [0, 0.1) is 19.7 Å². The summed E-state index contributed by atoms with van der Waals surface area (Å²) in [6.45, 7) is 7.00. The number of rotatable bonds is 3. The Hall–Kier alpha value is -3.49. The fourth-order valence-corrected chi connectivity index (χ4v) is 6.06. The van der Waals surface area contributed by atoms with Crippen LogP contribution in [0.4, 0.5) is 4.39 Å². The van der Waals surface area contributed by atoms with Gasteiger partial charge in [-0.1, -0.05) is 23.7 Å². The van der Waals surface area contributed by atoms with Crippen LogP contribution < -0.4 is 11.0 Å². The van der Waals surface area contributed by atoms with E-state index >= 15 is 0 Å². The topological polar surface area (TPSA) is 69.1 Å². The van der Waals surface area contributed by atoms with Crippen molar-refractivity contribution in [3.05, 3.63) is 86.4 Å². The predicted molar refractivity (Wildman–Crippen MR) is 146 cm³/mol. The van der Waals surface area contributed by atoms with Crippen molar-refractivity contribution >= 4 is 33.9 Å². The lowest BCUT2D eigenvalue weighted by Crippen LogP contribution is -2.43. The Morgan fingerprint density at radius 1 is 1.14 bits per heavy atom. The number of nitrogens with zero attached hydrogens (tertiary/aromatic N) is 5. The molecule has 0 radical (unpaired) electrons. The molecule has 6 rings (SSSR count). The quantitative estimate of drug-likeness (QED) is 0.425. The molecule has 9 heteroatoms. The van der Waals surface area contributed by atoms with Gasteiger partial charge in [-0.15, -0.1) is 0 Å². The molecule has 37 heavy (non-hydrogen) atoms. The molecule has 1 fully saturated rings. The number of imidazole rings is 1. The summed E-state index contributed by atoms with van der Waals surface area (Å²) in [6, 6.07) is 7.55. The van der Waals surface area contributed by atoms with E-state index in [9.17, 15) is 9.18 Å². The van der Waals surface area contributed by atoms with Crippen molar-refractivity contribution in [2.24, 2.45) is 12.0 Å². The highest BCUT2D eigenvalue weighted by Crippen LogP contribution is 2.38. The summed E-state index contributed by atoms with van der Waals surface area (Å²) in [5.74, 6) is -0.390. The zero-order valence-electron chi connectivity index (χ0n) is 21.2. The average molecular weight is 519 g/mol. The number of dihydropyridines is 1. The summed E-state index contributed by atoms with van der Waals surface area (Å²) in [5, 5.41) is 9.08. The minimum absolute atomic E-state index is 0.0264. The lowest BCUT2D eigenvalue weighted by Gasteiger charge is -2.35. The summed E-state index contributed by atoms with van der Waals surface area (Å²) in [4.78, 5) is 18.9. The van der Waals surface area contributed by atoms with Gasteiger partial charge in [0, 0.05) is 66.7 Å². The molecule has 4 aromatic rings. The Bertz CT molecular complexity index is 1670. The van der Waals surface area contributed by atoms with Crippen molar-refractivity contribution < 1.29 is 4.39 Å². The monoisotopic (exact) mass is 518 g/mol. The van der Waals surface area contributed by atoms with Crippen LogP contribution in [-0.4, -0.2) is 43.8 Å². The molecule has 2 aromatic heterocycles. The van der Waals surface area contributed by atoms with Crippen molar-refractivity contribution in [2.45, 2.75) is 39.2 Å². The van der Waals surface area contributed by atoms with Crippen molar-refractivity contribution in [3.8, 4) is 5.69 Å². The number of halogens is 2. The smallest absolute Gasteiger partial charge is 0.310 e. The lowest BCUT2D eigenvalue weighted by atomic mass is 9.83. The van der Waals surface area contributed by atoms with Crippen LogP contribution in [-0.2, 0) is 7.05 Å². The van der Waals surface area contributed by atoms with Crippen LogP contribution in [0.15, 0.2) is 58.2 Å². The molecule has 2 aliphatic rings. The Labute approximate surface area is 218 Å². The lowest BCUT2D eigenvalue weighted by molar-refractivity contribution is 0.590. The van der Waals surface area contributed by atoms with Crippen LogP contribution in [0.1, 0.15) is 36.0 Å². The number of hydrogen-bond donors (Lipinski definition) is 1. The van der Waals surface area contributed by atoms with Gasteiger partial charge < -0.3 is 5.32 Å². The van der Waals surface area contributed by atoms with Gasteiger partial charge in [0.25, 0.3) is 0 Å². The van der Waals surface area contributed by atoms with E-state index < -0.39 is 0 Å². The van der Waals surface area contributed by atoms with E-state index in [0.29, 0.717) is 28.4 Å². The molecule has 0 amide bonds. The molecule has 0 spiro atoms. The second kappa shape index (κ2) is 8.82. The first kappa shape index (κ1) is 23.9. The van der Waals surface area contributed by atoms with Crippen molar-refractivity contribution in [2.75, 3.05) is 13.1 Å². The summed E-state index contributed by atoms with van der Waals surface area (Å²) in [6.07, 6.45) is 6.07. The third-order valence-electron chi connectivity index (χ3n) is 7.63. The molecule has 2 atom stereocenters. The number of hydrogen-bond acceptors (Lipinski definition) is 4. The van der Waals surface area contributed by atoms with Gasteiger partial charge in [0.1, 0.15) is 5.82 Å². The van der Waals surface area contributed by atoms with E-state index in [4.69, 9.17) is 16.6 Å². The molecular formula is C28H28ClFN6O. The van der Waals surface area contributed by atoms with Gasteiger partial charge in [0.05, 0.1) is 29.0 Å². The maximum Gasteiger partial charge on any atom is 0.337 e. The highest BCUT2D eigenvalue weighted by atomic mass is 35.5. The number of aliphatic imine (C=N–C) groups is 1. The van der Waals surface area contributed by atoms with Crippen LogP contribution in [0.5, 0.6) is 0 Å². The molecule has 2 aromatic carbocycles. The largest absolute Gasteiger partial charge is 0.337 e. The normalized spacial score (nSPS) is 19.9. The van der Waals surface area contributed by atoms with Crippen molar-refractivity contribution in [1.82, 2.24) is 24.2 Å². The second-order valence-corrected chi connectivity index (χ2v) is 10.3. The highest BCUT2D eigenvalue weighted by molar-refractivity contribution is 6.37. The SMILES string of the molecule is Cc1cc([C@@H]2CN=C3CCN[C@@H](C)C3=C2n2ccn(-c3ccc4c(cnn4C)c3Cl)c2=O)cc(C)c1F. The molecule has 1 N–H and O–H groups in total. The number of fused-ring (bicyclic) bond motifs is 2. The molecule has 0 aliphatic carbocycles. The Kier molecular flexibility index (Phi) is 5.69. The van der Waals surface area contributed by atoms with E-state index in [2.05, 4.69) is 17.3 Å². The standard InChI is InChI=1S/C28H28ClFN6O/c1-15-11-18(12-16(2)26(15)30)19-13-32-21-7-8-31-17(3)24(21)27(19)36-10-9-35(28(36)37)23-6-5-22-20(25(23)29)14-33-34(22)4/h5-6,9-12,14,17,19,31H,7-8,13H2,1-4H3/t17-,19-/m0/s1. The summed E-state index contributed by atoms with van der Waals surface area (Å²) in [7, 11) is 1.86. The maximum atomic E-state index is 14.5. The van der Waals surface area contributed by atoms with Crippen LogP contribution in [0.2, 0.25) is 5.02 Å². The van der Waals surface area contributed by atoms with E-state index in [-0.39, 0.29) is 23.5 Å². The third kappa shape index (κ3) is 3.69. The number of aryl methyl sites for hydroxylation is 3. The van der Waals surface area contributed by atoms with Gasteiger partial charge >= 0.3 is 5.69 Å². The molecule has 0 bridgehead atoms. The number of benzene rings is 2. The van der Waals surface area contributed by atoms with Gasteiger partial charge in [-0.25, -0.2) is 9.18 Å². The Morgan fingerprint density at radius 3 is 2.62 bits per heavy atom. The summed E-state index contributed by atoms with van der Waals surface area (Å²) in [5.41, 5.74) is 6.36. The first-order valence-corrected chi connectivity index (χ1v) is 12.8. The Morgan fingerprint density at radius 2 is 1.86 bits per heavy atom. The average Bonchev–Trinajstić information content (AvgIpc) is 3.45. The minimum Gasteiger partial charge on any atom is -0.310 e. The molecular weight excluding hydrogens is 491 g/mol. The van der Waals surface area contributed by atoms with Crippen LogP contribution in [0.3, 0.4) is 0 Å². The van der Waals surface area contributed by atoms with Gasteiger partial charge in [-0.2, -0.15) is 5.10 Å². The van der Waals surface area contributed by atoms with E-state index in [0.717, 1.165) is 46.4 Å². The number of nitrogens with one attached hydrogen (secondary N) is 1. The molecule has 7 nitrogen and oxygen atoms in total. The number of aromatic nitrogens is 4. The van der Waals surface area contributed by atoms with Crippen molar-refractivity contribution in [3.63, 3.8) is 0 Å². The van der Waals surface area contributed by atoms with E-state index in [1.54, 1.807) is 46.3 Å². The fourth-order valence-electron chi connectivity index (χ4n) is 5.76. The maximum absolute atomic E-state index is 14.5. The molecule has 1 saturated heterocycles. The van der Waals surface area contributed by atoms with Crippen LogP contribution in [0.25, 0.3) is 22.3 Å². The summed E-state index contributed by atoms with van der Waals surface area (Å²) < 4.78 is 19.6. The molecule has 190 valence electrons. The van der Waals surface area contributed by atoms with Crippen LogP contribution >= 0.6 is 11.6 Å². The second-order valence-electron chi connectivity index (χ2n) is 9.95. The van der Waals surface area contributed by atoms with E-state index in [1.165, 1.54) is 0 Å². The first-order chi connectivity index (χ1) is 17.8. The predicted octanol–water partition coefficient (Wildman–Crippen LogP) is 4.77. The highest BCUT2D eigenvalue weighted by Gasteiger charge is 2.34. The van der Waals surface area contributed by atoms with Gasteiger partial charge in [-0.3, -0.25) is 18.8 Å². The third-order valence-corrected chi connectivity index (χ3v) is 8.03. The molecule has 4 heterocycles. The van der Waals surface area contributed by atoms with Crippen molar-refractivity contribution in [1.29, 1.82) is 0 Å². The first-order valence-electron chi connectivity index (χ1n) is 12.4. The minimum atomic E-state index is -0.216. The van der Waals surface area contributed by atoms with Gasteiger partial charge in [-0.05, 0) is 49.6 Å². The fraction of sp³-hybridized carbons (Fsp3) is 0.321. The zero-order valence-corrected chi connectivity index (χ0v) is 22.0. The van der Waals surface area contributed by atoms with Gasteiger partial charge in [0.2, 0.25) is 0 Å². The molecule has 0 unspecified atom stereocenters. The zero-order chi connectivity index (χ0) is 26.0. The Balaban J connectivity index is 1.55. The number of piperidine rings is 1. The molecule has 2 aliphatic heterocycles. The van der Waals surface area contributed by atoms with Gasteiger partial charge in [0.15, 0.2) is 0 Å². The van der Waals surface area contributed by atoms with E-state index in [1.807, 2.05) is 31.3 Å². The summed E-state index contributed by atoms with van der Waals surface area (Å²) >= 11 is 6.77. The molecule has 0 saturated carbocycles.